The van der Waals surface area contributed by atoms with E-state index in [-0.39, 0.29) is 44.6 Å². The van der Waals surface area contributed by atoms with E-state index in [0.29, 0.717) is 36.2 Å². The average molecular weight is 861 g/mol. The van der Waals surface area contributed by atoms with Gasteiger partial charge in [0.1, 0.15) is 25.3 Å². The molecule has 4 aromatic heterocycles. The molecule has 0 saturated carbocycles. The molecule has 0 radical (unpaired) electrons. The van der Waals surface area contributed by atoms with Crippen molar-refractivity contribution in [3.8, 4) is 11.5 Å². The van der Waals surface area contributed by atoms with Crippen molar-refractivity contribution in [1.82, 2.24) is 34.8 Å². The molecule has 2 aliphatic rings. The number of carbonyl (C=O) groups excluding carboxylic acids is 3. The van der Waals surface area contributed by atoms with Crippen molar-refractivity contribution in [1.29, 1.82) is 0 Å². The topological polar surface area (TPSA) is 213 Å². The van der Waals surface area contributed by atoms with Crippen LogP contribution in [0.4, 0.5) is 20.4 Å². The molecule has 0 aliphatic carbocycles. The van der Waals surface area contributed by atoms with E-state index in [1.54, 1.807) is 43.7 Å². The Hall–Kier alpha value is -7.25. The molecule has 2 aromatic carbocycles. The number of hydrogen-bond acceptors (Lipinski definition) is 11. The van der Waals surface area contributed by atoms with Gasteiger partial charge in [-0.05, 0) is 35.4 Å². The Bertz CT molecular complexity index is 2440. The molecule has 0 bridgehead atoms. The lowest BCUT2D eigenvalue weighted by Crippen LogP contribution is -2.49. The van der Waals surface area contributed by atoms with Crippen molar-refractivity contribution < 1.29 is 42.5 Å². The summed E-state index contributed by atoms with van der Waals surface area (Å²) in [4.78, 5) is 58.3. The molecule has 2 aliphatic heterocycles. The zero-order valence-electron chi connectivity index (χ0n) is 32.1. The van der Waals surface area contributed by atoms with Crippen LogP contribution in [0, 0.1) is 11.6 Å². The van der Waals surface area contributed by atoms with Gasteiger partial charge in [-0.3, -0.25) is 33.5 Å². The highest BCUT2D eigenvalue weighted by molar-refractivity contribution is 6.02. The van der Waals surface area contributed by atoms with Gasteiger partial charge in [0.15, 0.2) is 40.5 Å². The fourth-order valence-corrected chi connectivity index (χ4v) is 5.81. The number of nitrogens with two attached hydrogens (primary N) is 1. The largest absolute Gasteiger partial charge is 0.488 e. The number of amides is 3. The monoisotopic (exact) mass is 860 g/mol. The third-order valence-corrected chi connectivity index (χ3v) is 8.77. The molecule has 6 heterocycles. The van der Waals surface area contributed by atoms with Crippen LogP contribution in [0.5, 0.6) is 11.5 Å². The molecule has 6 aromatic rings. The minimum Gasteiger partial charge on any atom is -0.488 e. The number of nitrogens with one attached hydrogen (secondary N) is 1. The van der Waals surface area contributed by atoms with Gasteiger partial charge in [0.05, 0.1) is 25.5 Å². The summed E-state index contributed by atoms with van der Waals surface area (Å²) >= 11 is 0. The molecule has 0 unspecified atom stereocenters. The van der Waals surface area contributed by atoms with Gasteiger partial charge in [0.2, 0.25) is 11.6 Å². The Morgan fingerprint density at radius 3 is 1.69 bits per heavy atom. The number of nitrogens with zero attached hydrogens (tertiary/aromatic N) is 8. The van der Waals surface area contributed by atoms with Crippen LogP contribution in [0.3, 0.4) is 0 Å². The zero-order valence-corrected chi connectivity index (χ0v) is 32.9. The molecule has 61 heavy (non-hydrogen) atoms. The second kappa shape index (κ2) is 21.1. The number of halogens is 3. The smallest absolute Gasteiger partial charge is 0.359 e. The van der Waals surface area contributed by atoms with Crippen molar-refractivity contribution in [3.05, 3.63) is 144 Å². The molecule has 0 spiro atoms. The lowest BCUT2D eigenvalue weighted by Gasteiger charge is -2.19. The van der Waals surface area contributed by atoms with Crippen LogP contribution in [0.15, 0.2) is 110 Å². The third-order valence-electron chi connectivity index (χ3n) is 8.77. The molecule has 320 valence electrons. The first-order valence-corrected chi connectivity index (χ1v) is 17.9. The molecule has 20 heteroatoms. The maximum atomic E-state index is 14.3. The summed E-state index contributed by atoms with van der Waals surface area (Å²) < 4.78 is 41.0. The van der Waals surface area contributed by atoms with Crippen LogP contribution in [-0.2, 0) is 22.7 Å². The SMILES string of the molecule is C.CN1C(=O)[C@@H](N)COc2cccnc21.CN1C(=O)[C@@H](NC(=O)c2nn(Cc3ccccc3)cc2F)COc2cccnc21.Cl.O=C(O)c1nn(Cc2ccccc2)cc1F. The number of anilines is 2. The van der Waals surface area contributed by atoms with Gasteiger partial charge in [0.25, 0.3) is 11.8 Å². The molecule has 2 atom stereocenters. The number of rotatable bonds is 7. The summed E-state index contributed by atoms with van der Waals surface area (Å²) in [5.74, 6) is -2.43. The fraction of sp³-hybridized carbons (Fsp3) is 0.220. The predicted molar refractivity (Wildman–Crippen MR) is 222 cm³/mol. The average Bonchev–Trinajstić information content (AvgIpc) is 3.75. The Kier molecular flexibility index (Phi) is 16.1. The Labute approximate surface area is 355 Å². The van der Waals surface area contributed by atoms with E-state index in [2.05, 4.69) is 25.5 Å². The number of carbonyl (C=O) groups is 4. The number of fused-ring (bicyclic) bond motifs is 2. The number of likely N-dealkylation sites (N-methyl/N-ethyl adjacent to an activating group) is 2. The lowest BCUT2D eigenvalue weighted by molar-refractivity contribution is -0.121. The fourth-order valence-electron chi connectivity index (χ4n) is 5.81. The Balaban J connectivity index is 0.000000217. The standard InChI is InChI=1S/C20H18FN5O3.C11H9FN2O2.C9H11N3O2.CH4.ClH/c1-25-18-16(8-5-9-22-18)29-12-15(20(25)28)23-19(27)17-14(21)11-26(24-17)10-13-6-3-2-4-7-13;12-9-7-14(13-10(9)11(15)16)6-8-4-2-1-3-5-8;1-12-8-7(3-2-4-11-8)14-5-6(10)9(12)13;;/h2-9,11,15H,10,12H2,1H3,(H,23,27);1-5,7H,6H2,(H,15,16);2-4,6H,5,10H2,1H3;1H4;1H/t15-;;6-;;/m0.0../s1. The van der Waals surface area contributed by atoms with Gasteiger partial charge in [-0.2, -0.15) is 10.2 Å². The Morgan fingerprint density at radius 1 is 0.738 bits per heavy atom. The van der Waals surface area contributed by atoms with E-state index in [4.69, 9.17) is 20.3 Å². The quantitative estimate of drug-likeness (QED) is 0.206. The van der Waals surface area contributed by atoms with Gasteiger partial charge < -0.3 is 25.6 Å². The van der Waals surface area contributed by atoms with Gasteiger partial charge in [-0.1, -0.05) is 68.1 Å². The Morgan fingerprint density at radius 2 is 1.20 bits per heavy atom. The highest BCUT2D eigenvalue weighted by atomic mass is 35.5. The van der Waals surface area contributed by atoms with Crippen LogP contribution < -0.4 is 30.3 Å². The maximum Gasteiger partial charge on any atom is 0.359 e. The van der Waals surface area contributed by atoms with Crippen molar-refractivity contribution >= 4 is 47.7 Å². The molecule has 3 amide bonds. The highest BCUT2D eigenvalue weighted by Gasteiger charge is 2.33. The maximum absolute atomic E-state index is 14.3. The van der Waals surface area contributed by atoms with Crippen molar-refractivity contribution in [2.75, 3.05) is 37.1 Å². The molecule has 0 fully saturated rings. The minimum absolute atomic E-state index is 0. The molecular weight excluding hydrogens is 818 g/mol. The predicted octanol–water partition coefficient (Wildman–Crippen LogP) is 4.21. The number of ether oxygens (including phenoxy) is 2. The van der Waals surface area contributed by atoms with Crippen LogP contribution in [0.1, 0.15) is 39.5 Å². The second-order valence-corrected chi connectivity index (χ2v) is 13.0. The van der Waals surface area contributed by atoms with Gasteiger partial charge >= 0.3 is 5.97 Å². The number of carboxylic acids is 1. The number of aromatic carboxylic acids is 1. The first-order valence-electron chi connectivity index (χ1n) is 17.9. The van der Waals surface area contributed by atoms with Crippen molar-refractivity contribution in [3.63, 3.8) is 0 Å². The summed E-state index contributed by atoms with van der Waals surface area (Å²) in [6.45, 7) is 0.771. The number of aromatic nitrogens is 6. The van der Waals surface area contributed by atoms with E-state index in [9.17, 15) is 28.0 Å². The number of pyridine rings is 2. The van der Waals surface area contributed by atoms with Crippen LogP contribution in [0.25, 0.3) is 0 Å². The molecule has 17 nitrogen and oxygen atoms in total. The minimum atomic E-state index is -1.36. The lowest BCUT2D eigenvalue weighted by atomic mass is 10.2. The first kappa shape index (κ1) is 46.4. The highest BCUT2D eigenvalue weighted by Crippen LogP contribution is 2.28. The molecular formula is C41H43ClF2N10O7. The van der Waals surface area contributed by atoms with Crippen LogP contribution >= 0.6 is 12.4 Å². The third kappa shape index (κ3) is 11.5. The molecule has 8 rings (SSSR count). The zero-order chi connectivity index (χ0) is 42.1. The summed E-state index contributed by atoms with van der Waals surface area (Å²) in [6.07, 6.45) is 5.39. The van der Waals surface area contributed by atoms with E-state index >= 15 is 0 Å². The van der Waals surface area contributed by atoms with Crippen molar-refractivity contribution in [2.24, 2.45) is 5.73 Å². The van der Waals surface area contributed by atoms with E-state index in [1.807, 2.05) is 60.7 Å². The second-order valence-electron chi connectivity index (χ2n) is 13.0. The normalized spacial score (nSPS) is 15.2. The number of hydrogen-bond donors (Lipinski definition) is 3. The summed E-state index contributed by atoms with van der Waals surface area (Å²) in [5, 5.41) is 18.8. The van der Waals surface area contributed by atoms with E-state index in [1.165, 1.54) is 26.2 Å². The summed E-state index contributed by atoms with van der Waals surface area (Å²) in [6, 6.07) is 23.9. The van der Waals surface area contributed by atoms with Gasteiger partial charge in [0, 0.05) is 26.5 Å². The molecule has 4 N–H and O–H groups in total. The molecule has 0 saturated heterocycles. The summed E-state index contributed by atoms with van der Waals surface area (Å²) in [7, 11) is 3.18. The van der Waals surface area contributed by atoms with Gasteiger partial charge in [-0.25, -0.2) is 23.5 Å². The summed E-state index contributed by atoms with van der Waals surface area (Å²) in [5.41, 5.74) is 6.53. The van der Waals surface area contributed by atoms with Crippen molar-refractivity contribution in [2.45, 2.75) is 32.6 Å². The van der Waals surface area contributed by atoms with E-state index < -0.39 is 47.2 Å². The number of benzene rings is 2. The van der Waals surface area contributed by atoms with Crippen LogP contribution in [0.2, 0.25) is 0 Å². The van der Waals surface area contributed by atoms with Crippen LogP contribution in [-0.4, -0.2) is 97.7 Å². The first-order chi connectivity index (χ1) is 28.4. The van der Waals surface area contributed by atoms with E-state index in [0.717, 1.165) is 23.5 Å². The number of carboxylic acid groups (broad SMARTS) is 1. The van der Waals surface area contributed by atoms with Gasteiger partial charge in [-0.15, -0.1) is 12.4 Å².